The smallest absolute Gasteiger partial charge is 0.128 e. The van der Waals surface area contributed by atoms with Crippen LogP contribution in [-0.2, 0) is 11.3 Å². The minimum Gasteiger partial charge on any atom is -0.496 e. The molecule has 2 aromatic rings. The first-order valence-corrected chi connectivity index (χ1v) is 7.27. The van der Waals surface area contributed by atoms with Crippen LogP contribution in [0.4, 0.5) is 0 Å². The zero-order valence-corrected chi connectivity index (χ0v) is 12.4. The van der Waals surface area contributed by atoms with Gasteiger partial charge in [-0.05, 0) is 38.1 Å². The fraction of sp³-hybridized carbons (Fsp3) is 0.500. The quantitative estimate of drug-likeness (QED) is 0.715. The van der Waals surface area contributed by atoms with Gasteiger partial charge in [0.15, 0.2) is 0 Å². The van der Waals surface area contributed by atoms with E-state index < -0.39 is 0 Å². The van der Waals surface area contributed by atoms with Crippen LogP contribution in [0.2, 0.25) is 0 Å². The predicted molar refractivity (Wildman–Crippen MR) is 82.5 cm³/mol. The molecule has 0 fully saturated rings. The molecule has 0 amide bonds. The summed E-state index contributed by atoms with van der Waals surface area (Å²) in [7, 11) is 1.71. The van der Waals surface area contributed by atoms with Gasteiger partial charge in [0.05, 0.1) is 12.6 Å². The molecule has 0 bridgehead atoms. The summed E-state index contributed by atoms with van der Waals surface area (Å²) in [6.45, 7) is 6.60. The van der Waals surface area contributed by atoms with Gasteiger partial charge in [-0.3, -0.25) is 0 Å². The topological polar surface area (TPSA) is 35.4 Å². The van der Waals surface area contributed by atoms with Gasteiger partial charge >= 0.3 is 0 Å². The maximum atomic E-state index is 5.38. The number of hydrogen-bond acceptors (Lipinski definition) is 3. The highest BCUT2D eigenvalue weighted by Gasteiger charge is 2.04. The summed E-state index contributed by atoms with van der Waals surface area (Å²) in [6, 6.07) is 8.28. The maximum absolute atomic E-state index is 5.38. The molecular formula is C16H24N2O2. The lowest BCUT2D eigenvalue weighted by Gasteiger charge is -2.08. The first-order valence-electron chi connectivity index (χ1n) is 7.27. The van der Waals surface area contributed by atoms with Crippen molar-refractivity contribution in [3.05, 3.63) is 30.5 Å². The number of nitrogens with one attached hydrogen (secondary N) is 1. The summed E-state index contributed by atoms with van der Waals surface area (Å²) >= 11 is 0. The van der Waals surface area contributed by atoms with Crippen LogP contribution in [0.3, 0.4) is 0 Å². The van der Waals surface area contributed by atoms with Crippen LogP contribution in [0, 0.1) is 0 Å². The van der Waals surface area contributed by atoms with Crippen LogP contribution in [0.5, 0.6) is 5.75 Å². The Balaban J connectivity index is 1.82. The average Bonchev–Trinajstić information content (AvgIpc) is 2.89. The molecule has 0 aliphatic heterocycles. The number of benzene rings is 1. The Kier molecular flexibility index (Phi) is 5.89. The molecule has 110 valence electrons. The molecule has 1 aromatic heterocycles. The molecule has 4 nitrogen and oxygen atoms in total. The van der Waals surface area contributed by atoms with E-state index in [-0.39, 0.29) is 0 Å². The number of ether oxygens (including phenoxy) is 2. The number of rotatable bonds is 9. The molecule has 0 spiro atoms. The first-order chi connectivity index (χ1) is 9.86. The van der Waals surface area contributed by atoms with Gasteiger partial charge in [0.2, 0.25) is 0 Å². The Hall–Kier alpha value is -1.52. The standard InChI is InChI=1S/C16H24N2O2/c1-3-20-13-5-9-17-10-12-18-11-8-14-15(18)6-4-7-16(14)19-2/h4,6-8,11,17H,3,5,9-10,12-13H2,1-2H3. The Morgan fingerprint density at radius 2 is 2.10 bits per heavy atom. The minimum atomic E-state index is 0.803. The van der Waals surface area contributed by atoms with Gasteiger partial charge in [-0.15, -0.1) is 0 Å². The molecule has 1 heterocycles. The Labute approximate surface area is 120 Å². The van der Waals surface area contributed by atoms with Gasteiger partial charge in [-0.2, -0.15) is 0 Å². The molecule has 0 aliphatic carbocycles. The minimum absolute atomic E-state index is 0.803. The summed E-state index contributed by atoms with van der Waals surface area (Å²) in [5, 5.41) is 4.62. The third-order valence-corrected chi connectivity index (χ3v) is 3.37. The van der Waals surface area contributed by atoms with Gasteiger partial charge < -0.3 is 19.4 Å². The third-order valence-electron chi connectivity index (χ3n) is 3.37. The van der Waals surface area contributed by atoms with E-state index in [1.807, 2.05) is 19.1 Å². The molecule has 1 N–H and O–H groups in total. The molecule has 0 saturated heterocycles. The van der Waals surface area contributed by atoms with Crippen LogP contribution in [0.1, 0.15) is 13.3 Å². The molecule has 0 atom stereocenters. The Morgan fingerprint density at radius 1 is 1.20 bits per heavy atom. The maximum Gasteiger partial charge on any atom is 0.128 e. The van der Waals surface area contributed by atoms with Crippen LogP contribution < -0.4 is 10.1 Å². The molecule has 0 aliphatic rings. The van der Waals surface area contributed by atoms with E-state index in [0.29, 0.717) is 0 Å². The summed E-state index contributed by atoms with van der Waals surface area (Å²) in [5.74, 6) is 0.936. The Bertz CT molecular complexity index is 522. The van der Waals surface area contributed by atoms with E-state index in [2.05, 4.69) is 28.2 Å². The van der Waals surface area contributed by atoms with Crippen LogP contribution in [0.25, 0.3) is 10.9 Å². The molecule has 1 aromatic carbocycles. The van der Waals surface area contributed by atoms with Crippen molar-refractivity contribution in [2.75, 3.05) is 33.4 Å². The van der Waals surface area contributed by atoms with Gasteiger partial charge in [0.1, 0.15) is 5.75 Å². The predicted octanol–water partition coefficient (Wildman–Crippen LogP) is 2.67. The van der Waals surface area contributed by atoms with Gasteiger partial charge in [0.25, 0.3) is 0 Å². The van der Waals surface area contributed by atoms with Crippen molar-refractivity contribution >= 4 is 10.9 Å². The number of aromatic nitrogens is 1. The van der Waals surface area contributed by atoms with E-state index in [1.165, 1.54) is 10.9 Å². The molecule has 4 heteroatoms. The van der Waals surface area contributed by atoms with Crippen LogP contribution >= 0.6 is 0 Å². The van der Waals surface area contributed by atoms with Crippen molar-refractivity contribution in [1.82, 2.24) is 9.88 Å². The van der Waals surface area contributed by atoms with Crippen molar-refractivity contribution in [3.63, 3.8) is 0 Å². The average molecular weight is 276 g/mol. The summed E-state index contributed by atoms with van der Waals surface area (Å²) in [4.78, 5) is 0. The van der Waals surface area contributed by atoms with Crippen molar-refractivity contribution in [2.45, 2.75) is 19.9 Å². The zero-order chi connectivity index (χ0) is 14.2. The van der Waals surface area contributed by atoms with Gasteiger partial charge in [-0.1, -0.05) is 6.07 Å². The van der Waals surface area contributed by atoms with Gasteiger partial charge in [0, 0.05) is 37.9 Å². The second kappa shape index (κ2) is 7.92. The van der Waals surface area contributed by atoms with E-state index in [0.717, 1.165) is 45.0 Å². The van der Waals surface area contributed by atoms with Gasteiger partial charge in [-0.25, -0.2) is 0 Å². The monoisotopic (exact) mass is 276 g/mol. The number of nitrogens with zero attached hydrogens (tertiary/aromatic N) is 1. The summed E-state index contributed by atoms with van der Waals surface area (Å²) in [6.07, 6.45) is 3.18. The van der Waals surface area contributed by atoms with Crippen molar-refractivity contribution in [3.8, 4) is 5.75 Å². The first kappa shape index (κ1) is 14.9. The van der Waals surface area contributed by atoms with Crippen LogP contribution in [0.15, 0.2) is 30.5 Å². The SMILES string of the molecule is CCOCCCNCCn1ccc2c(OC)cccc21. The highest BCUT2D eigenvalue weighted by molar-refractivity contribution is 5.86. The number of methoxy groups -OCH3 is 1. The fourth-order valence-corrected chi connectivity index (χ4v) is 2.34. The molecule has 0 unspecified atom stereocenters. The zero-order valence-electron chi connectivity index (χ0n) is 12.4. The molecule has 0 saturated carbocycles. The van der Waals surface area contributed by atoms with Crippen LogP contribution in [-0.4, -0.2) is 38.0 Å². The largest absolute Gasteiger partial charge is 0.496 e. The Morgan fingerprint density at radius 3 is 2.90 bits per heavy atom. The molecular weight excluding hydrogens is 252 g/mol. The van der Waals surface area contributed by atoms with Crippen molar-refractivity contribution < 1.29 is 9.47 Å². The molecule has 20 heavy (non-hydrogen) atoms. The van der Waals surface area contributed by atoms with Crippen molar-refractivity contribution in [2.24, 2.45) is 0 Å². The highest BCUT2D eigenvalue weighted by atomic mass is 16.5. The van der Waals surface area contributed by atoms with Crippen molar-refractivity contribution in [1.29, 1.82) is 0 Å². The van der Waals surface area contributed by atoms with E-state index in [4.69, 9.17) is 9.47 Å². The second-order valence-electron chi connectivity index (χ2n) is 4.70. The fourth-order valence-electron chi connectivity index (χ4n) is 2.34. The lowest BCUT2D eigenvalue weighted by molar-refractivity contribution is 0.145. The summed E-state index contributed by atoms with van der Waals surface area (Å²) in [5.41, 5.74) is 1.22. The molecule has 2 rings (SSSR count). The normalized spacial score (nSPS) is 11.1. The second-order valence-corrected chi connectivity index (χ2v) is 4.70. The third kappa shape index (κ3) is 3.74. The molecule has 0 radical (unpaired) electrons. The lowest BCUT2D eigenvalue weighted by Crippen LogP contribution is -2.21. The highest BCUT2D eigenvalue weighted by Crippen LogP contribution is 2.25. The number of hydrogen-bond donors (Lipinski definition) is 1. The van der Waals surface area contributed by atoms with E-state index in [9.17, 15) is 0 Å². The number of fused-ring (bicyclic) bond motifs is 1. The van der Waals surface area contributed by atoms with E-state index in [1.54, 1.807) is 7.11 Å². The van der Waals surface area contributed by atoms with E-state index >= 15 is 0 Å². The lowest BCUT2D eigenvalue weighted by atomic mass is 10.2. The summed E-state index contributed by atoms with van der Waals surface area (Å²) < 4.78 is 12.9.